The van der Waals surface area contributed by atoms with Crippen LogP contribution in [0.1, 0.15) is 45.8 Å². The summed E-state index contributed by atoms with van der Waals surface area (Å²) in [6.45, 7) is 5.26. The fraction of sp³-hybridized carbons (Fsp3) is 0.267. The van der Waals surface area contributed by atoms with Crippen molar-refractivity contribution >= 4 is 16.9 Å². The first kappa shape index (κ1) is 24.6. The molecular weight excluding hydrogens is 470 g/mol. The number of rotatable bonds is 9. The lowest BCUT2D eigenvalue weighted by Gasteiger charge is -2.25. The summed E-state index contributed by atoms with van der Waals surface area (Å²) in [6.07, 6.45) is 0. The van der Waals surface area contributed by atoms with E-state index in [4.69, 9.17) is 18.6 Å². The molecule has 7 nitrogen and oxygen atoms in total. The van der Waals surface area contributed by atoms with Gasteiger partial charge in [0.1, 0.15) is 12.2 Å². The third-order valence-electron chi connectivity index (χ3n) is 6.48. The summed E-state index contributed by atoms with van der Waals surface area (Å²) >= 11 is 0. The minimum absolute atomic E-state index is 0.0739. The van der Waals surface area contributed by atoms with Crippen molar-refractivity contribution in [2.45, 2.75) is 26.5 Å². The van der Waals surface area contributed by atoms with Gasteiger partial charge in [-0.1, -0.05) is 48.0 Å². The van der Waals surface area contributed by atoms with Gasteiger partial charge in [-0.2, -0.15) is 0 Å². The number of methoxy groups -OCH3 is 1. The molecule has 0 N–H and O–H groups in total. The van der Waals surface area contributed by atoms with Crippen LogP contribution in [0.25, 0.3) is 11.0 Å². The van der Waals surface area contributed by atoms with Crippen molar-refractivity contribution in [2.24, 2.45) is 0 Å². The molecule has 0 saturated carbocycles. The summed E-state index contributed by atoms with van der Waals surface area (Å²) in [6, 6.07) is 20.2. The number of ether oxygens (including phenoxy) is 3. The van der Waals surface area contributed by atoms with Gasteiger partial charge in [-0.25, -0.2) is 0 Å². The first-order valence-corrected chi connectivity index (χ1v) is 12.3. The van der Waals surface area contributed by atoms with Crippen molar-refractivity contribution in [3.63, 3.8) is 0 Å². The Morgan fingerprint density at radius 2 is 1.76 bits per heavy atom. The Balaban J connectivity index is 1.59. The van der Waals surface area contributed by atoms with Gasteiger partial charge in [-0.3, -0.25) is 9.59 Å². The Morgan fingerprint density at radius 1 is 0.946 bits per heavy atom. The Hall–Kier alpha value is -4.10. The lowest BCUT2D eigenvalue weighted by atomic mass is 9.97. The number of hydrogen-bond donors (Lipinski definition) is 0. The van der Waals surface area contributed by atoms with E-state index >= 15 is 0 Å². The molecule has 1 aromatic heterocycles. The summed E-state index contributed by atoms with van der Waals surface area (Å²) in [5.74, 6) is 0.872. The van der Waals surface area contributed by atoms with Crippen LogP contribution >= 0.6 is 0 Å². The first-order valence-electron chi connectivity index (χ1n) is 12.3. The summed E-state index contributed by atoms with van der Waals surface area (Å²) in [4.78, 5) is 28.8. The van der Waals surface area contributed by atoms with Gasteiger partial charge in [-0.15, -0.1) is 0 Å². The fourth-order valence-electron chi connectivity index (χ4n) is 4.72. The number of aryl methyl sites for hydroxylation is 1. The van der Waals surface area contributed by atoms with Crippen LogP contribution in [0.15, 0.2) is 75.9 Å². The summed E-state index contributed by atoms with van der Waals surface area (Å²) in [5.41, 5.74) is 3.23. The van der Waals surface area contributed by atoms with E-state index in [1.807, 2.05) is 68.4 Å². The molecule has 0 radical (unpaired) electrons. The topological polar surface area (TPSA) is 78.2 Å². The molecule has 190 valence electrons. The van der Waals surface area contributed by atoms with Gasteiger partial charge >= 0.3 is 0 Å². The predicted octanol–water partition coefficient (Wildman–Crippen LogP) is 5.27. The van der Waals surface area contributed by atoms with Crippen LogP contribution in [-0.4, -0.2) is 37.7 Å². The number of benzene rings is 3. The molecule has 1 atom stereocenters. The zero-order valence-electron chi connectivity index (χ0n) is 21.2. The lowest BCUT2D eigenvalue weighted by molar-refractivity contribution is 0.0663. The highest BCUT2D eigenvalue weighted by Crippen LogP contribution is 2.41. The molecule has 0 fully saturated rings. The maximum Gasteiger partial charge on any atom is 0.290 e. The molecule has 0 spiro atoms. The van der Waals surface area contributed by atoms with Gasteiger partial charge in [0, 0.05) is 13.7 Å². The van der Waals surface area contributed by atoms with Crippen molar-refractivity contribution in [2.75, 3.05) is 26.9 Å². The van der Waals surface area contributed by atoms with Gasteiger partial charge < -0.3 is 23.5 Å². The number of carbonyl (C=O) groups excluding carboxylic acids is 1. The molecule has 0 bridgehead atoms. The third kappa shape index (κ3) is 4.70. The van der Waals surface area contributed by atoms with Crippen LogP contribution < -0.4 is 14.9 Å². The third-order valence-corrected chi connectivity index (χ3v) is 6.48. The molecule has 37 heavy (non-hydrogen) atoms. The Labute approximate surface area is 215 Å². The Morgan fingerprint density at radius 3 is 2.51 bits per heavy atom. The van der Waals surface area contributed by atoms with E-state index in [2.05, 4.69) is 0 Å². The normalized spacial score (nSPS) is 14.7. The van der Waals surface area contributed by atoms with Crippen molar-refractivity contribution in [1.29, 1.82) is 0 Å². The molecule has 1 aliphatic heterocycles. The highest BCUT2D eigenvalue weighted by atomic mass is 16.5. The quantitative estimate of drug-likeness (QED) is 0.312. The zero-order chi connectivity index (χ0) is 25.9. The van der Waals surface area contributed by atoms with Gasteiger partial charge in [0.25, 0.3) is 5.91 Å². The Bertz CT molecular complexity index is 1490. The van der Waals surface area contributed by atoms with E-state index in [0.717, 1.165) is 16.7 Å². The number of hydrogen-bond acceptors (Lipinski definition) is 6. The van der Waals surface area contributed by atoms with Gasteiger partial charge in [0.15, 0.2) is 16.9 Å². The highest BCUT2D eigenvalue weighted by Gasteiger charge is 2.42. The van der Waals surface area contributed by atoms with E-state index in [-0.39, 0.29) is 17.1 Å². The van der Waals surface area contributed by atoms with Crippen molar-refractivity contribution < 1.29 is 23.4 Å². The largest absolute Gasteiger partial charge is 0.490 e. The monoisotopic (exact) mass is 499 g/mol. The second-order valence-corrected chi connectivity index (χ2v) is 8.98. The van der Waals surface area contributed by atoms with Crippen molar-refractivity contribution in [3.8, 4) is 11.5 Å². The van der Waals surface area contributed by atoms with Crippen molar-refractivity contribution in [1.82, 2.24) is 4.90 Å². The van der Waals surface area contributed by atoms with Gasteiger partial charge in [-0.05, 0) is 49.2 Å². The molecule has 5 rings (SSSR count). The number of amides is 1. The molecule has 1 unspecified atom stereocenters. The molecular formula is C30H29NO6. The van der Waals surface area contributed by atoms with Crippen LogP contribution in [0.2, 0.25) is 0 Å². The lowest BCUT2D eigenvalue weighted by Crippen LogP contribution is -2.32. The van der Waals surface area contributed by atoms with E-state index in [0.29, 0.717) is 54.4 Å². The summed E-state index contributed by atoms with van der Waals surface area (Å²) in [7, 11) is 1.58. The second-order valence-electron chi connectivity index (χ2n) is 8.98. The maximum atomic E-state index is 13.7. The van der Waals surface area contributed by atoms with Crippen LogP contribution in [0.5, 0.6) is 11.5 Å². The number of fused-ring (bicyclic) bond motifs is 2. The Kier molecular flexibility index (Phi) is 6.97. The molecule has 3 aromatic carbocycles. The fourth-order valence-corrected chi connectivity index (χ4v) is 4.72. The minimum Gasteiger partial charge on any atom is -0.490 e. The molecule has 1 aliphatic rings. The number of carbonyl (C=O) groups is 1. The van der Waals surface area contributed by atoms with Crippen LogP contribution in [0.4, 0.5) is 0 Å². The summed E-state index contributed by atoms with van der Waals surface area (Å²) < 4.78 is 23.3. The average Bonchev–Trinajstić information content (AvgIpc) is 3.19. The van der Waals surface area contributed by atoms with E-state index in [9.17, 15) is 9.59 Å². The average molecular weight is 500 g/mol. The van der Waals surface area contributed by atoms with Gasteiger partial charge in [0.05, 0.1) is 30.2 Å². The van der Waals surface area contributed by atoms with E-state index in [1.54, 1.807) is 24.1 Å². The standard InChI is InChI=1S/C30H29NO6/c1-4-35-25-17-21(11-13-24(25)36-18-20-8-6-5-7-9-20)27-26-28(32)22-16-19(2)10-12-23(22)37-29(26)30(33)31(27)14-15-34-3/h5-13,16-17,27H,4,14-15,18H2,1-3H3. The van der Waals surface area contributed by atoms with Crippen molar-refractivity contribution in [3.05, 3.63) is 105 Å². The van der Waals surface area contributed by atoms with Crippen LogP contribution in [-0.2, 0) is 11.3 Å². The summed E-state index contributed by atoms with van der Waals surface area (Å²) in [5, 5.41) is 0.456. The number of nitrogens with zero attached hydrogens (tertiary/aromatic N) is 1. The first-order chi connectivity index (χ1) is 18.0. The highest BCUT2D eigenvalue weighted by molar-refractivity contribution is 5.99. The zero-order valence-corrected chi connectivity index (χ0v) is 21.2. The smallest absolute Gasteiger partial charge is 0.290 e. The maximum absolute atomic E-state index is 13.7. The minimum atomic E-state index is -0.638. The van der Waals surface area contributed by atoms with E-state index < -0.39 is 6.04 Å². The molecule has 2 heterocycles. The van der Waals surface area contributed by atoms with E-state index in [1.165, 1.54) is 0 Å². The van der Waals surface area contributed by atoms with Crippen LogP contribution in [0, 0.1) is 6.92 Å². The molecule has 4 aromatic rings. The van der Waals surface area contributed by atoms with Crippen LogP contribution in [0.3, 0.4) is 0 Å². The predicted molar refractivity (Wildman–Crippen MR) is 140 cm³/mol. The molecule has 0 saturated heterocycles. The molecule has 1 amide bonds. The SMILES string of the molecule is CCOc1cc(C2c3c(oc4ccc(C)cc4c3=O)C(=O)N2CCOC)ccc1OCc1ccccc1. The molecule has 0 aliphatic carbocycles. The van der Waals surface area contributed by atoms with Gasteiger partial charge in [0.2, 0.25) is 5.76 Å². The molecule has 7 heteroatoms. The second kappa shape index (κ2) is 10.5.